The number of hydrogen-bond acceptors (Lipinski definition) is 10. The van der Waals surface area contributed by atoms with E-state index >= 15 is 0 Å². The van der Waals surface area contributed by atoms with E-state index < -0.39 is 36.1 Å². The van der Waals surface area contributed by atoms with Gasteiger partial charge in [-0.25, -0.2) is 16.8 Å². The molecule has 0 bridgehead atoms. The molecule has 0 aromatic heterocycles. The van der Waals surface area contributed by atoms with Crippen molar-refractivity contribution in [1.82, 2.24) is 5.48 Å². The zero-order valence-electron chi connectivity index (χ0n) is 16.9. The molecule has 1 atom stereocenters. The van der Waals surface area contributed by atoms with Gasteiger partial charge in [0.05, 0.1) is 15.8 Å². The second kappa shape index (κ2) is 13.2. The number of ether oxygens (including phenoxy) is 1. The Morgan fingerprint density at radius 1 is 0.967 bits per heavy atom. The van der Waals surface area contributed by atoms with Gasteiger partial charge in [0, 0.05) is 23.9 Å². The van der Waals surface area contributed by atoms with E-state index in [4.69, 9.17) is 9.94 Å². The minimum atomic E-state index is -5.02. The van der Waals surface area contributed by atoms with Crippen molar-refractivity contribution in [3.8, 4) is 11.1 Å². The number of benzene rings is 2. The van der Waals surface area contributed by atoms with Gasteiger partial charge in [-0.1, -0.05) is 18.2 Å². The normalized spacial score (nSPS) is 12.4. The molecule has 14 heteroatoms. The molecule has 1 unspecified atom stereocenters. The topological polar surface area (TPSA) is 168 Å². The molecule has 154 valence electrons. The quantitative estimate of drug-likeness (QED) is 0.136. The summed E-state index contributed by atoms with van der Waals surface area (Å²) in [6, 6.07) is 6.60. The summed E-state index contributed by atoms with van der Waals surface area (Å²) in [5.74, 6) is 0. The summed E-state index contributed by atoms with van der Waals surface area (Å²) in [6.07, 6.45) is 0. The Kier molecular flexibility index (Phi) is 13.7. The molecule has 2 aromatic rings. The second-order valence-electron chi connectivity index (χ2n) is 5.84. The Labute approximate surface area is 260 Å². The maximum Gasteiger partial charge on any atom is 1.00 e. The Balaban J connectivity index is 0.00000420. The van der Waals surface area contributed by atoms with Gasteiger partial charge in [0.15, 0.2) is 0 Å². The van der Waals surface area contributed by atoms with Gasteiger partial charge >= 0.3 is 103 Å². The predicted molar refractivity (Wildman–Crippen MR) is 96.6 cm³/mol. The minimum Gasteiger partial charge on any atom is -0.744 e. The Bertz CT molecular complexity index is 1080. The molecular formula is C16H18K2N2O8S2. The average molecular weight is 509 g/mol. The van der Waals surface area contributed by atoms with Crippen LogP contribution in [0.1, 0.15) is 18.5 Å². The van der Waals surface area contributed by atoms with Crippen LogP contribution in [-0.4, -0.2) is 45.0 Å². The number of hydroxylamine groups is 1. The monoisotopic (exact) mass is 508 g/mol. The minimum absolute atomic E-state index is 0. The predicted octanol–water partition coefficient (Wildman–Crippen LogP) is -4.77. The molecule has 0 fully saturated rings. The number of rotatable bonds is 8. The van der Waals surface area contributed by atoms with E-state index in [2.05, 4.69) is 5.32 Å². The van der Waals surface area contributed by atoms with E-state index in [1.807, 2.05) is 5.48 Å². The molecule has 2 aromatic carbocycles. The maximum absolute atomic E-state index is 11.8. The number of hydrogen-bond donors (Lipinski definition) is 3. The van der Waals surface area contributed by atoms with E-state index in [1.54, 1.807) is 0 Å². The summed E-state index contributed by atoms with van der Waals surface area (Å²) in [5, 5.41) is 11.7. The van der Waals surface area contributed by atoms with Crippen molar-refractivity contribution in [3.63, 3.8) is 0 Å². The summed E-state index contributed by atoms with van der Waals surface area (Å²) >= 11 is 0. The molecule has 3 N–H and O–H groups in total. The summed E-state index contributed by atoms with van der Waals surface area (Å²) in [7, 11) is -8.62. The van der Waals surface area contributed by atoms with Crippen LogP contribution in [0.5, 0.6) is 0 Å². The van der Waals surface area contributed by atoms with E-state index in [-0.39, 0.29) is 132 Å². The molecule has 10 nitrogen and oxygen atoms in total. The van der Waals surface area contributed by atoms with Crippen LogP contribution in [0.3, 0.4) is 0 Å². The van der Waals surface area contributed by atoms with Gasteiger partial charge in [0.2, 0.25) is 0 Å². The van der Waals surface area contributed by atoms with Gasteiger partial charge in [-0.05, 0) is 30.7 Å². The van der Waals surface area contributed by atoms with Crippen molar-refractivity contribution in [2.45, 2.75) is 22.8 Å². The molecule has 0 radical (unpaired) electrons. The largest absolute Gasteiger partial charge is 1.00 e. The van der Waals surface area contributed by atoms with Crippen molar-refractivity contribution in [2.24, 2.45) is 0 Å². The van der Waals surface area contributed by atoms with Crippen LogP contribution in [0.4, 0.5) is 5.69 Å². The Hall–Kier alpha value is 1.21. The SMILES string of the molecule is COCNc1ccc(-c2ccc(C(C)NO)cc2S(=O)(=O)[O-])c(S(=O)(=O)[O-])c1.[K+].[K+]. The zero-order valence-corrected chi connectivity index (χ0v) is 24.7. The zero-order chi connectivity index (χ0) is 21.1. The summed E-state index contributed by atoms with van der Waals surface area (Å²) in [4.78, 5) is -1.41. The van der Waals surface area contributed by atoms with Crippen molar-refractivity contribution >= 4 is 25.9 Å². The molecule has 0 spiro atoms. The molecule has 0 saturated carbocycles. The van der Waals surface area contributed by atoms with Crippen LogP contribution in [-0.2, 0) is 25.0 Å². The molecule has 0 amide bonds. The van der Waals surface area contributed by atoms with Crippen LogP contribution in [0.25, 0.3) is 11.1 Å². The van der Waals surface area contributed by atoms with Crippen LogP contribution >= 0.6 is 0 Å². The molecule has 0 saturated heterocycles. The average Bonchev–Trinajstić information content (AvgIpc) is 2.63. The third-order valence-electron chi connectivity index (χ3n) is 3.93. The third-order valence-corrected chi connectivity index (χ3v) is 5.68. The van der Waals surface area contributed by atoms with Gasteiger partial charge in [-0.15, -0.1) is 0 Å². The fraction of sp³-hybridized carbons (Fsp3) is 0.250. The number of nitrogens with one attached hydrogen (secondary N) is 2. The maximum atomic E-state index is 11.8. The van der Waals surface area contributed by atoms with E-state index in [0.717, 1.165) is 12.1 Å². The summed E-state index contributed by atoms with van der Waals surface area (Å²) in [6.45, 7) is 1.55. The number of anilines is 1. The van der Waals surface area contributed by atoms with Crippen molar-refractivity contribution in [1.29, 1.82) is 0 Å². The van der Waals surface area contributed by atoms with Crippen LogP contribution < -0.4 is 114 Å². The molecular weight excluding hydrogens is 491 g/mol. The molecule has 0 heterocycles. The first-order valence-corrected chi connectivity index (χ1v) is 10.6. The van der Waals surface area contributed by atoms with E-state index in [9.17, 15) is 25.9 Å². The van der Waals surface area contributed by atoms with Crippen molar-refractivity contribution in [3.05, 3.63) is 42.0 Å². The first-order chi connectivity index (χ1) is 13.0. The van der Waals surface area contributed by atoms with E-state index in [1.165, 1.54) is 38.3 Å². The Morgan fingerprint density at radius 3 is 1.93 bits per heavy atom. The summed E-state index contributed by atoms with van der Waals surface area (Å²) in [5.41, 5.74) is 1.97. The van der Waals surface area contributed by atoms with Gasteiger partial charge in [0.1, 0.15) is 27.0 Å². The smallest absolute Gasteiger partial charge is 0.744 e. The van der Waals surface area contributed by atoms with Gasteiger partial charge in [-0.2, -0.15) is 5.48 Å². The number of methoxy groups -OCH3 is 1. The van der Waals surface area contributed by atoms with Crippen LogP contribution in [0.2, 0.25) is 0 Å². The summed E-state index contributed by atoms with van der Waals surface area (Å²) < 4.78 is 75.4. The van der Waals surface area contributed by atoms with Gasteiger partial charge in [-0.3, -0.25) is 0 Å². The Morgan fingerprint density at radius 2 is 1.47 bits per heavy atom. The standard InChI is InChI=1S/C16H20N2O8S2.2K/c1-10(18-19)11-3-5-13(15(7-11)27(20,21)22)14-6-4-12(17-9-26-2)8-16(14)28(23,24)25;;/h3-8,10,17-19H,9H2,1-2H3,(H,20,21,22)(H,23,24,25);;/q;2*+1/p-2. The van der Waals surface area contributed by atoms with E-state index in [0.29, 0.717) is 0 Å². The van der Waals surface area contributed by atoms with Gasteiger partial charge < -0.3 is 24.4 Å². The molecule has 0 aliphatic carbocycles. The third kappa shape index (κ3) is 8.21. The van der Waals surface area contributed by atoms with Crippen LogP contribution in [0, 0.1) is 0 Å². The first kappa shape index (κ1) is 31.2. The van der Waals surface area contributed by atoms with Crippen LogP contribution in [0.15, 0.2) is 46.2 Å². The van der Waals surface area contributed by atoms with Crippen molar-refractivity contribution < 1.29 is 139 Å². The fourth-order valence-corrected chi connectivity index (χ4v) is 3.98. The molecule has 0 aliphatic rings. The molecule has 30 heavy (non-hydrogen) atoms. The van der Waals surface area contributed by atoms with Crippen molar-refractivity contribution in [2.75, 3.05) is 19.2 Å². The second-order valence-corrected chi connectivity index (χ2v) is 8.53. The fourth-order valence-electron chi connectivity index (χ4n) is 2.53. The molecule has 0 aliphatic heterocycles. The molecule has 2 rings (SSSR count). The first-order valence-electron chi connectivity index (χ1n) is 7.81. The van der Waals surface area contributed by atoms with Gasteiger partial charge in [0.25, 0.3) is 0 Å².